The summed E-state index contributed by atoms with van der Waals surface area (Å²) in [6, 6.07) is 6.96. The Morgan fingerprint density at radius 1 is 1.03 bits per heavy atom. The first kappa shape index (κ1) is 21.9. The molecular weight excluding hydrogens is 410 g/mol. The molecule has 0 saturated carbocycles. The number of benzene rings is 2. The van der Waals surface area contributed by atoms with Crippen molar-refractivity contribution in [1.82, 2.24) is 9.55 Å². The number of rotatable bonds is 4. The lowest BCUT2D eigenvalue weighted by Crippen LogP contribution is -2.29. The summed E-state index contributed by atoms with van der Waals surface area (Å²) in [5, 5.41) is 4.91. The summed E-state index contributed by atoms with van der Waals surface area (Å²) in [7, 11) is 0. The smallest absolute Gasteiger partial charge is 0.412 e. The van der Waals surface area contributed by atoms with Crippen LogP contribution in [-0.4, -0.2) is 27.2 Å². The second-order valence-corrected chi connectivity index (χ2v) is 7.70. The fraction of sp³-hybridized carbons (Fsp3) is 0.238. The Morgan fingerprint density at radius 2 is 1.71 bits per heavy atom. The van der Waals surface area contributed by atoms with Crippen molar-refractivity contribution in [2.24, 2.45) is 0 Å². The Hall–Kier alpha value is -3.82. The summed E-state index contributed by atoms with van der Waals surface area (Å²) < 4.78 is 33.3. The third-order valence-corrected chi connectivity index (χ3v) is 3.99. The minimum atomic E-state index is -0.786. The number of nitrogens with one attached hydrogen (secondary N) is 2. The number of fused-ring (bicyclic) bond motifs is 1. The van der Waals surface area contributed by atoms with E-state index in [4.69, 9.17) is 4.74 Å². The van der Waals surface area contributed by atoms with Crippen LogP contribution >= 0.6 is 0 Å². The molecular formula is C21H20F2N4O4. The van der Waals surface area contributed by atoms with Crippen molar-refractivity contribution in [3.05, 3.63) is 64.7 Å². The molecule has 0 aliphatic carbocycles. The van der Waals surface area contributed by atoms with E-state index in [1.165, 1.54) is 18.2 Å². The fourth-order valence-electron chi connectivity index (χ4n) is 2.73. The van der Waals surface area contributed by atoms with Gasteiger partial charge in [-0.15, -0.1) is 0 Å². The molecule has 8 nitrogen and oxygen atoms in total. The lowest BCUT2D eigenvalue weighted by molar-refractivity contribution is -0.116. The van der Waals surface area contributed by atoms with Gasteiger partial charge in [0.15, 0.2) is 0 Å². The Morgan fingerprint density at radius 3 is 2.42 bits per heavy atom. The number of ether oxygens (including phenoxy) is 1. The van der Waals surface area contributed by atoms with Gasteiger partial charge in [0.25, 0.3) is 5.56 Å². The van der Waals surface area contributed by atoms with Crippen LogP contribution in [0.4, 0.5) is 25.0 Å². The quantitative estimate of drug-likeness (QED) is 0.658. The number of hydrogen-bond donors (Lipinski definition) is 2. The monoisotopic (exact) mass is 430 g/mol. The first-order chi connectivity index (χ1) is 14.5. The van der Waals surface area contributed by atoms with E-state index < -0.39 is 41.3 Å². The normalized spacial score (nSPS) is 11.3. The van der Waals surface area contributed by atoms with Gasteiger partial charge < -0.3 is 10.1 Å². The molecule has 2 amide bonds. The van der Waals surface area contributed by atoms with Crippen molar-refractivity contribution in [1.29, 1.82) is 0 Å². The van der Waals surface area contributed by atoms with E-state index in [0.29, 0.717) is 0 Å². The Kier molecular flexibility index (Phi) is 6.00. The minimum Gasteiger partial charge on any atom is -0.444 e. The zero-order valence-corrected chi connectivity index (χ0v) is 17.0. The number of aromatic nitrogens is 2. The largest absolute Gasteiger partial charge is 0.444 e. The molecule has 0 unspecified atom stereocenters. The number of nitrogens with zero attached hydrogens (tertiary/aromatic N) is 2. The van der Waals surface area contributed by atoms with Gasteiger partial charge in [-0.2, -0.15) is 0 Å². The van der Waals surface area contributed by atoms with E-state index >= 15 is 0 Å². The summed E-state index contributed by atoms with van der Waals surface area (Å²) >= 11 is 0. The van der Waals surface area contributed by atoms with Crippen molar-refractivity contribution in [3.8, 4) is 0 Å². The second kappa shape index (κ2) is 8.50. The van der Waals surface area contributed by atoms with Crippen LogP contribution < -0.4 is 16.2 Å². The van der Waals surface area contributed by atoms with Crippen LogP contribution in [0.5, 0.6) is 0 Å². The van der Waals surface area contributed by atoms with Crippen LogP contribution in [0.15, 0.2) is 47.5 Å². The summed E-state index contributed by atoms with van der Waals surface area (Å²) in [6.07, 6.45) is 0.375. The molecule has 0 radical (unpaired) electrons. The van der Waals surface area contributed by atoms with Crippen molar-refractivity contribution in [2.75, 3.05) is 10.6 Å². The number of halogens is 2. The van der Waals surface area contributed by atoms with E-state index in [1.54, 1.807) is 20.8 Å². The first-order valence-electron chi connectivity index (χ1n) is 9.26. The van der Waals surface area contributed by atoms with Crippen molar-refractivity contribution >= 4 is 34.3 Å². The fourth-order valence-corrected chi connectivity index (χ4v) is 2.73. The summed E-state index contributed by atoms with van der Waals surface area (Å²) in [4.78, 5) is 41.0. The van der Waals surface area contributed by atoms with Gasteiger partial charge in [-0.3, -0.25) is 19.5 Å². The Labute approximate surface area is 175 Å². The van der Waals surface area contributed by atoms with Crippen LogP contribution in [0.1, 0.15) is 20.8 Å². The van der Waals surface area contributed by atoms with Crippen LogP contribution in [0.25, 0.3) is 10.9 Å². The lowest BCUT2D eigenvalue weighted by atomic mass is 10.2. The molecule has 2 aromatic carbocycles. The summed E-state index contributed by atoms with van der Waals surface area (Å²) in [5.74, 6) is -1.94. The molecule has 31 heavy (non-hydrogen) atoms. The van der Waals surface area contributed by atoms with Gasteiger partial charge in [-0.05, 0) is 57.2 Å². The van der Waals surface area contributed by atoms with Crippen LogP contribution in [0.3, 0.4) is 0 Å². The molecule has 10 heteroatoms. The lowest BCUT2D eigenvalue weighted by Gasteiger charge is -2.20. The standard InChI is InChI=1S/C21H20F2N4O4/c1-21(2,3)31-20(30)26-16-7-5-13(23)9-17(16)25-18(28)10-27-11-24-15-6-4-12(22)8-14(15)19(27)29/h4-9,11H,10H2,1-3H3,(H,25,28)(H,26,30). The van der Waals surface area contributed by atoms with E-state index in [-0.39, 0.29) is 22.3 Å². The zero-order valence-electron chi connectivity index (χ0n) is 17.0. The highest BCUT2D eigenvalue weighted by Crippen LogP contribution is 2.24. The van der Waals surface area contributed by atoms with Gasteiger partial charge in [0, 0.05) is 0 Å². The minimum absolute atomic E-state index is 0.0216. The highest BCUT2D eigenvalue weighted by atomic mass is 19.1. The number of anilines is 2. The molecule has 0 aliphatic heterocycles. The van der Waals surface area contributed by atoms with E-state index in [1.807, 2.05) is 0 Å². The molecule has 1 heterocycles. The predicted octanol–water partition coefficient (Wildman–Crippen LogP) is 3.66. The summed E-state index contributed by atoms with van der Waals surface area (Å²) in [5.41, 5.74) is -0.987. The van der Waals surface area contributed by atoms with Gasteiger partial charge in [-0.1, -0.05) is 0 Å². The average molecular weight is 430 g/mol. The summed E-state index contributed by atoms with van der Waals surface area (Å²) in [6.45, 7) is 4.59. The topological polar surface area (TPSA) is 102 Å². The SMILES string of the molecule is CC(C)(C)OC(=O)Nc1ccc(F)cc1NC(=O)Cn1cnc2ccc(F)cc2c1=O. The van der Waals surface area contributed by atoms with Crippen molar-refractivity contribution in [2.45, 2.75) is 32.9 Å². The average Bonchev–Trinajstić information content (AvgIpc) is 2.65. The van der Waals surface area contributed by atoms with Crippen molar-refractivity contribution in [3.63, 3.8) is 0 Å². The number of amides is 2. The molecule has 0 atom stereocenters. The molecule has 0 fully saturated rings. The van der Waals surface area contributed by atoms with E-state index in [2.05, 4.69) is 15.6 Å². The van der Waals surface area contributed by atoms with Gasteiger partial charge >= 0.3 is 6.09 Å². The van der Waals surface area contributed by atoms with Gasteiger partial charge in [0.05, 0.1) is 28.6 Å². The number of carbonyl (C=O) groups is 2. The third kappa shape index (κ3) is 5.62. The highest BCUT2D eigenvalue weighted by molar-refractivity contribution is 5.97. The highest BCUT2D eigenvalue weighted by Gasteiger charge is 2.18. The molecule has 162 valence electrons. The van der Waals surface area contributed by atoms with Crippen LogP contribution in [-0.2, 0) is 16.1 Å². The number of carbonyl (C=O) groups excluding carboxylic acids is 2. The molecule has 0 aliphatic rings. The van der Waals surface area contributed by atoms with Gasteiger partial charge in [0.2, 0.25) is 5.91 Å². The van der Waals surface area contributed by atoms with Crippen LogP contribution in [0, 0.1) is 11.6 Å². The Balaban J connectivity index is 1.80. The maximum Gasteiger partial charge on any atom is 0.412 e. The second-order valence-electron chi connectivity index (χ2n) is 7.70. The predicted molar refractivity (Wildman–Crippen MR) is 111 cm³/mol. The van der Waals surface area contributed by atoms with Gasteiger partial charge in [0.1, 0.15) is 23.8 Å². The zero-order chi connectivity index (χ0) is 22.8. The molecule has 1 aromatic heterocycles. The molecule has 3 rings (SSSR count). The maximum absolute atomic E-state index is 13.7. The van der Waals surface area contributed by atoms with Gasteiger partial charge in [-0.25, -0.2) is 18.6 Å². The first-order valence-corrected chi connectivity index (χ1v) is 9.26. The maximum atomic E-state index is 13.7. The third-order valence-electron chi connectivity index (χ3n) is 3.99. The van der Waals surface area contributed by atoms with Crippen LogP contribution in [0.2, 0.25) is 0 Å². The molecule has 2 N–H and O–H groups in total. The number of hydrogen-bond acceptors (Lipinski definition) is 5. The molecule has 0 bridgehead atoms. The molecule has 0 spiro atoms. The molecule has 3 aromatic rings. The molecule has 0 saturated heterocycles. The van der Waals surface area contributed by atoms with Crippen molar-refractivity contribution < 1.29 is 23.1 Å². The van der Waals surface area contributed by atoms with E-state index in [0.717, 1.165) is 29.1 Å². The Bertz CT molecular complexity index is 1220. The van der Waals surface area contributed by atoms with E-state index in [9.17, 15) is 23.2 Å².